The van der Waals surface area contributed by atoms with Crippen molar-refractivity contribution in [1.82, 2.24) is 29.7 Å². The Hall–Kier alpha value is -3.30. The van der Waals surface area contributed by atoms with Crippen LogP contribution in [0.1, 0.15) is 31.4 Å². The van der Waals surface area contributed by atoms with Gasteiger partial charge in [0, 0.05) is 30.4 Å². The van der Waals surface area contributed by atoms with Crippen LogP contribution in [-0.2, 0) is 4.79 Å². The molecule has 0 saturated carbocycles. The molecule has 35 heavy (non-hydrogen) atoms. The third-order valence-electron chi connectivity index (χ3n) is 7.19. The third-order valence-corrected chi connectivity index (χ3v) is 7.98. The predicted molar refractivity (Wildman–Crippen MR) is 141 cm³/mol. The van der Waals surface area contributed by atoms with E-state index in [1.54, 1.807) is 17.7 Å². The number of nitrogens with one attached hydrogen (secondary N) is 2. The van der Waals surface area contributed by atoms with Gasteiger partial charge in [0.15, 0.2) is 0 Å². The van der Waals surface area contributed by atoms with E-state index < -0.39 is 0 Å². The van der Waals surface area contributed by atoms with Gasteiger partial charge < -0.3 is 20.1 Å². The van der Waals surface area contributed by atoms with Crippen LogP contribution in [0.15, 0.2) is 42.2 Å². The van der Waals surface area contributed by atoms with Crippen LogP contribution in [0.2, 0.25) is 0 Å². The van der Waals surface area contributed by atoms with Crippen molar-refractivity contribution in [1.29, 1.82) is 0 Å². The number of nitrogens with zero attached hydrogens (tertiary/aromatic N) is 5. The number of carbonyl (C=O) groups excluding carboxylic acids is 1. The summed E-state index contributed by atoms with van der Waals surface area (Å²) in [6.45, 7) is 3.53. The first-order valence-electron chi connectivity index (χ1n) is 12.2. The Morgan fingerprint density at radius 3 is 2.97 bits per heavy atom. The zero-order chi connectivity index (χ0) is 23.8. The minimum atomic E-state index is 0.163. The van der Waals surface area contributed by atoms with Gasteiger partial charge in [-0.25, -0.2) is 15.0 Å². The van der Waals surface area contributed by atoms with Gasteiger partial charge in [0.05, 0.1) is 21.1 Å². The van der Waals surface area contributed by atoms with E-state index in [9.17, 15) is 4.79 Å². The molecular formula is C26H29N7OS. The molecule has 8 nitrogen and oxygen atoms in total. The Labute approximate surface area is 208 Å². The lowest BCUT2D eigenvalue weighted by Gasteiger charge is -2.29. The molecule has 1 unspecified atom stereocenters. The van der Waals surface area contributed by atoms with E-state index >= 15 is 0 Å². The molecule has 0 radical (unpaired) electrons. The minimum absolute atomic E-state index is 0.163. The Bertz CT molecular complexity index is 1410. The van der Waals surface area contributed by atoms with Crippen molar-refractivity contribution in [3.05, 3.63) is 47.9 Å². The fourth-order valence-electron chi connectivity index (χ4n) is 5.14. The normalized spacial score (nSPS) is 19.6. The van der Waals surface area contributed by atoms with E-state index in [1.165, 1.54) is 5.57 Å². The van der Waals surface area contributed by atoms with Gasteiger partial charge in [0.1, 0.15) is 17.8 Å². The number of carbonyl (C=O) groups is 1. The van der Waals surface area contributed by atoms with Crippen LogP contribution in [0, 0.1) is 5.92 Å². The standard InChI is InChI=1S/C26H29N7OS/c1-32-9-2-3-18(6-10-32)26(34)33-11-7-17(8-12-33)22-14-20-24(27-15-28-25(20)31-22)30-19-4-5-21-23(13-19)35-16-29-21/h4-5,7,13-16,18H,2-3,6,8-12H2,1H3,(H2,27,28,30,31). The Balaban J connectivity index is 1.18. The van der Waals surface area contributed by atoms with Gasteiger partial charge in [-0.1, -0.05) is 6.08 Å². The maximum atomic E-state index is 13.1. The van der Waals surface area contributed by atoms with Crippen LogP contribution < -0.4 is 5.32 Å². The largest absolute Gasteiger partial charge is 0.340 e. The first kappa shape index (κ1) is 22.2. The van der Waals surface area contributed by atoms with Crippen LogP contribution in [0.4, 0.5) is 11.5 Å². The van der Waals surface area contributed by atoms with Gasteiger partial charge in [-0.05, 0) is 75.7 Å². The molecule has 1 saturated heterocycles. The second-order valence-corrected chi connectivity index (χ2v) is 10.4. The van der Waals surface area contributed by atoms with Crippen molar-refractivity contribution < 1.29 is 4.79 Å². The maximum absolute atomic E-state index is 13.1. The number of aromatic amines is 1. The number of thiazole rings is 1. The molecule has 6 rings (SSSR count). The third kappa shape index (κ3) is 4.53. The monoisotopic (exact) mass is 487 g/mol. The molecule has 0 aliphatic carbocycles. The van der Waals surface area contributed by atoms with Gasteiger partial charge in [-0.3, -0.25) is 4.79 Å². The molecule has 2 aliphatic heterocycles. The predicted octanol–water partition coefficient (Wildman–Crippen LogP) is 4.66. The zero-order valence-electron chi connectivity index (χ0n) is 19.8. The van der Waals surface area contributed by atoms with E-state index in [2.05, 4.69) is 55.4 Å². The second kappa shape index (κ2) is 9.39. The van der Waals surface area contributed by atoms with Gasteiger partial charge >= 0.3 is 0 Å². The summed E-state index contributed by atoms with van der Waals surface area (Å²) in [5.74, 6) is 1.26. The number of H-pyrrole nitrogens is 1. The van der Waals surface area contributed by atoms with Crippen LogP contribution in [0.3, 0.4) is 0 Å². The molecule has 180 valence electrons. The number of fused-ring (bicyclic) bond motifs is 2. The maximum Gasteiger partial charge on any atom is 0.226 e. The second-order valence-electron chi connectivity index (χ2n) is 9.52. The lowest BCUT2D eigenvalue weighted by atomic mass is 9.97. The number of likely N-dealkylation sites (tertiary alicyclic amines) is 1. The van der Waals surface area contributed by atoms with E-state index in [-0.39, 0.29) is 5.92 Å². The molecule has 4 aromatic rings. The first-order valence-corrected chi connectivity index (χ1v) is 13.1. The van der Waals surface area contributed by atoms with E-state index in [1.807, 2.05) is 22.5 Å². The Morgan fingerprint density at radius 1 is 1.14 bits per heavy atom. The molecule has 1 amide bonds. The molecule has 9 heteroatoms. The highest BCUT2D eigenvalue weighted by Gasteiger charge is 2.27. The summed E-state index contributed by atoms with van der Waals surface area (Å²) in [7, 11) is 2.15. The van der Waals surface area contributed by atoms with Crippen molar-refractivity contribution in [3.63, 3.8) is 0 Å². The van der Waals surface area contributed by atoms with Crippen molar-refractivity contribution >= 4 is 55.6 Å². The first-order chi connectivity index (χ1) is 17.1. The number of hydrogen-bond donors (Lipinski definition) is 2. The van der Waals surface area contributed by atoms with E-state index in [0.717, 1.165) is 83.8 Å². The number of rotatable bonds is 4. The molecule has 3 aromatic heterocycles. The summed E-state index contributed by atoms with van der Waals surface area (Å²) in [6, 6.07) is 8.25. The molecule has 2 aliphatic rings. The molecule has 0 spiro atoms. The van der Waals surface area contributed by atoms with Crippen molar-refractivity contribution in [2.24, 2.45) is 5.92 Å². The van der Waals surface area contributed by atoms with Gasteiger partial charge in [0.2, 0.25) is 5.91 Å². The smallest absolute Gasteiger partial charge is 0.226 e. The van der Waals surface area contributed by atoms with Gasteiger partial charge in [0.25, 0.3) is 0 Å². The number of amides is 1. The Morgan fingerprint density at radius 2 is 2.09 bits per heavy atom. The summed E-state index contributed by atoms with van der Waals surface area (Å²) in [5, 5.41) is 4.40. The zero-order valence-corrected chi connectivity index (χ0v) is 20.6. The average Bonchev–Trinajstić information content (AvgIpc) is 3.47. The molecular weight excluding hydrogens is 458 g/mol. The highest BCUT2D eigenvalue weighted by Crippen LogP contribution is 2.31. The number of aromatic nitrogens is 4. The summed E-state index contributed by atoms with van der Waals surface area (Å²) in [6.07, 6.45) is 7.68. The van der Waals surface area contributed by atoms with Crippen LogP contribution in [-0.4, -0.2) is 68.9 Å². The minimum Gasteiger partial charge on any atom is -0.340 e. The number of benzene rings is 1. The fraction of sp³-hybridized carbons (Fsp3) is 0.385. The summed E-state index contributed by atoms with van der Waals surface area (Å²) in [5.41, 5.74) is 6.91. The lowest BCUT2D eigenvalue weighted by Crippen LogP contribution is -2.39. The molecule has 1 atom stereocenters. The van der Waals surface area contributed by atoms with Crippen LogP contribution in [0.5, 0.6) is 0 Å². The van der Waals surface area contributed by atoms with Gasteiger partial charge in [-0.15, -0.1) is 11.3 Å². The molecule has 5 heterocycles. The quantitative estimate of drug-likeness (QED) is 0.435. The number of anilines is 2. The topological polar surface area (TPSA) is 90.0 Å². The SMILES string of the molecule is CN1CCCC(C(=O)N2CC=C(c3cc4c(Nc5ccc6ncsc6c5)ncnc4[nH]3)CC2)CC1. The summed E-state index contributed by atoms with van der Waals surface area (Å²) in [4.78, 5) is 34.2. The molecule has 1 fully saturated rings. The number of hydrogen-bond acceptors (Lipinski definition) is 7. The van der Waals surface area contributed by atoms with Crippen molar-refractivity contribution in [2.75, 3.05) is 38.5 Å². The highest BCUT2D eigenvalue weighted by molar-refractivity contribution is 7.16. The van der Waals surface area contributed by atoms with Crippen molar-refractivity contribution in [3.8, 4) is 0 Å². The summed E-state index contributed by atoms with van der Waals surface area (Å²) < 4.78 is 1.14. The molecule has 0 bridgehead atoms. The Kier molecular flexibility index (Phi) is 5.95. The highest BCUT2D eigenvalue weighted by atomic mass is 32.1. The van der Waals surface area contributed by atoms with Crippen LogP contribution in [0.25, 0.3) is 26.8 Å². The summed E-state index contributed by atoms with van der Waals surface area (Å²) >= 11 is 1.62. The lowest BCUT2D eigenvalue weighted by molar-refractivity contribution is -0.135. The molecule has 1 aromatic carbocycles. The van der Waals surface area contributed by atoms with Gasteiger partial charge in [-0.2, -0.15) is 0 Å². The fourth-order valence-corrected chi connectivity index (χ4v) is 5.86. The van der Waals surface area contributed by atoms with E-state index in [0.29, 0.717) is 12.5 Å². The molecule has 2 N–H and O–H groups in total. The van der Waals surface area contributed by atoms with Crippen LogP contribution >= 0.6 is 11.3 Å². The van der Waals surface area contributed by atoms with Crippen molar-refractivity contribution in [2.45, 2.75) is 25.7 Å². The van der Waals surface area contributed by atoms with E-state index in [4.69, 9.17) is 0 Å². The average molecular weight is 488 g/mol.